The Bertz CT molecular complexity index is 707. The van der Waals surface area contributed by atoms with Crippen molar-refractivity contribution in [1.82, 2.24) is 0 Å². The average molecular weight is 395 g/mol. The summed E-state index contributed by atoms with van der Waals surface area (Å²) in [6.45, 7) is 1.82. The highest BCUT2D eigenvalue weighted by atomic mass is 79.9. The molecule has 1 N–H and O–H groups in total. The highest BCUT2D eigenvalue weighted by molar-refractivity contribution is 9.10. The molecule has 0 aliphatic carbocycles. The van der Waals surface area contributed by atoms with Crippen LogP contribution in [0.25, 0.3) is 0 Å². The van der Waals surface area contributed by atoms with E-state index in [4.69, 9.17) is 0 Å². The molecule has 0 heterocycles. The Balaban J connectivity index is 1.90. The first-order valence-electron chi connectivity index (χ1n) is 6.87. The first-order chi connectivity index (χ1) is 11.0. The van der Waals surface area contributed by atoms with E-state index < -0.39 is 4.92 Å². The van der Waals surface area contributed by atoms with Crippen LogP contribution >= 0.6 is 27.7 Å². The number of anilines is 1. The number of hydrogen-bond donors (Lipinski definition) is 1. The third-order valence-corrected chi connectivity index (χ3v) is 4.85. The first-order valence-corrected chi connectivity index (χ1v) is 8.71. The molecule has 120 valence electrons. The minimum Gasteiger partial charge on any atom is -0.325 e. The van der Waals surface area contributed by atoms with Gasteiger partial charge in [0.25, 0.3) is 5.69 Å². The van der Waals surface area contributed by atoms with Crippen LogP contribution in [0.2, 0.25) is 0 Å². The fourth-order valence-electron chi connectivity index (χ4n) is 1.82. The van der Waals surface area contributed by atoms with Crippen LogP contribution in [0.4, 0.5) is 11.4 Å². The van der Waals surface area contributed by atoms with Crippen LogP contribution in [-0.2, 0) is 10.5 Å². The lowest BCUT2D eigenvalue weighted by molar-refractivity contribution is -0.384. The molecule has 0 saturated carbocycles. The van der Waals surface area contributed by atoms with Crippen molar-refractivity contribution in [3.63, 3.8) is 0 Å². The van der Waals surface area contributed by atoms with Gasteiger partial charge in [0.05, 0.1) is 10.2 Å². The van der Waals surface area contributed by atoms with E-state index in [2.05, 4.69) is 21.2 Å². The average Bonchev–Trinajstić information content (AvgIpc) is 2.54. The van der Waals surface area contributed by atoms with Crippen LogP contribution in [0.5, 0.6) is 0 Å². The lowest BCUT2D eigenvalue weighted by atomic mass is 10.2. The van der Waals surface area contributed by atoms with Gasteiger partial charge in [-0.05, 0) is 30.7 Å². The van der Waals surface area contributed by atoms with Gasteiger partial charge in [0, 0.05) is 28.0 Å². The second-order valence-electron chi connectivity index (χ2n) is 4.88. The largest absolute Gasteiger partial charge is 0.325 e. The van der Waals surface area contributed by atoms with E-state index in [9.17, 15) is 14.9 Å². The van der Waals surface area contributed by atoms with Crippen LogP contribution in [0, 0.1) is 10.1 Å². The molecular formula is C16H15BrN2O3S. The Morgan fingerprint density at radius 1 is 1.30 bits per heavy atom. The van der Waals surface area contributed by atoms with Gasteiger partial charge in [-0.1, -0.05) is 34.1 Å². The molecular weight excluding hydrogens is 380 g/mol. The number of rotatable bonds is 6. The van der Waals surface area contributed by atoms with Gasteiger partial charge in [0.2, 0.25) is 5.91 Å². The standard InChI is InChI=1S/C16H15BrN2O3S/c1-11(23-10-12-5-7-13(17)8-6-12)16(20)18-14-3-2-4-15(9-14)19(21)22/h2-9,11H,10H2,1H3,(H,18,20)/t11-/m1/s1. The van der Waals surface area contributed by atoms with E-state index in [0.717, 1.165) is 15.8 Å². The fourth-order valence-corrected chi connectivity index (χ4v) is 2.93. The van der Waals surface area contributed by atoms with Crippen molar-refractivity contribution in [3.8, 4) is 0 Å². The molecule has 2 aromatic carbocycles. The molecule has 23 heavy (non-hydrogen) atoms. The molecule has 0 unspecified atom stereocenters. The van der Waals surface area contributed by atoms with Gasteiger partial charge in [0.1, 0.15) is 0 Å². The van der Waals surface area contributed by atoms with Crippen molar-refractivity contribution in [1.29, 1.82) is 0 Å². The van der Waals surface area contributed by atoms with Gasteiger partial charge in [-0.2, -0.15) is 0 Å². The third kappa shape index (κ3) is 5.37. The Morgan fingerprint density at radius 2 is 2.00 bits per heavy atom. The molecule has 2 rings (SSSR count). The zero-order chi connectivity index (χ0) is 16.8. The van der Waals surface area contributed by atoms with Crippen molar-refractivity contribution in [3.05, 3.63) is 68.7 Å². The molecule has 0 fully saturated rings. The van der Waals surface area contributed by atoms with Crippen molar-refractivity contribution in [2.24, 2.45) is 0 Å². The lowest BCUT2D eigenvalue weighted by Gasteiger charge is -2.12. The summed E-state index contributed by atoms with van der Waals surface area (Å²) in [5.41, 5.74) is 1.52. The predicted octanol–water partition coefficient (Wildman–Crippen LogP) is 4.62. The van der Waals surface area contributed by atoms with Crippen molar-refractivity contribution in [2.75, 3.05) is 5.32 Å². The highest BCUT2D eigenvalue weighted by Gasteiger charge is 2.15. The maximum Gasteiger partial charge on any atom is 0.271 e. The smallest absolute Gasteiger partial charge is 0.271 e. The van der Waals surface area contributed by atoms with Crippen molar-refractivity contribution in [2.45, 2.75) is 17.9 Å². The number of nitrogens with one attached hydrogen (secondary N) is 1. The third-order valence-electron chi connectivity index (χ3n) is 3.11. The number of nitrogens with zero attached hydrogens (tertiary/aromatic N) is 1. The van der Waals surface area contributed by atoms with E-state index >= 15 is 0 Å². The van der Waals surface area contributed by atoms with Crippen LogP contribution in [-0.4, -0.2) is 16.1 Å². The summed E-state index contributed by atoms with van der Waals surface area (Å²) < 4.78 is 1.02. The number of nitro benzene ring substituents is 1. The molecule has 0 radical (unpaired) electrons. The molecule has 0 aromatic heterocycles. The fraction of sp³-hybridized carbons (Fsp3) is 0.188. The Morgan fingerprint density at radius 3 is 2.65 bits per heavy atom. The van der Waals surface area contributed by atoms with Crippen molar-refractivity contribution >= 4 is 45.0 Å². The monoisotopic (exact) mass is 394 g/mol. The number of benzene rings is 2. The van der Waals surface area contributed by atoms with E-state index in [1.807, 2.05) is 31.2 Å². The van der Waals surface area contributed by atoms with E-state index in [1.54, 1.807) is 12.1 Å². The molecule has 0 aliphatic heterocycles. The summed E-state index contributed by atoms with van der Waals surface area (Å²) in [4.78, 5) is 22.4. The van der Waals surface area contributed by atoms with Crippen molar-refractivity contribution < 1.29 is 9.72 Å². The normalized spacial score (nSPS) is 11.7. The minimum atomic E-state index is -0.485. The number of carbonyl (C=O) groups is 1. The SMILES string of the molecule is C[C@@H](SCc1ccc(Br)cc1)C(=O)Nc1cccc([N+](=O)[O-])c1. The minimum absolute atomic E-state index is 0.0435. The summed E-state index contributed by atoms with van der Waals surface area (Å²) in [5.74, 6) is 0.546. The van der Waals surface area contributed by atoms with Gasteiger partial charge in [-0.3, -0.25) is 14.9 Å². The number of thioether (sulfide) groups is 1. The molecule has 5 nitrogen and oxygen atoms in total. The Hall–Kier alpha value is -1.86. The maximum atomic E-state index is 12.2. The summed E-state index contributed by atoms with van der Waals surface area (Å²) in [5, 5.41) is 13.2. The Labute approximate surface area is 146 Å². The topological polar surface area (TPSA) is 72.2 Å². The van der Waals surface area contributed by atoms with E-state index in [-0.39, 0.29) is 16.8 Å². The zero-order valence-corrected chi connectivity index (χ0v) is 14.8. The van der Waals surface area contributed by atoms with Gasteiger partial charge in [0.15, 0.2) is 0 Å². The van der Waals surface area contributed by atoms with Gasteiger partial charge in [-0.25, -0.2) is 0 Å². The van der Waals surface area contributed by atoms with Gasteiger partial charge < -0.3 is 5.32 Å². The molecule has 2 aromatic rings. The summed E-state index contributed by atoms with van der Waals surface area (Å²) in [6.07, 6.45) is 0. The summed E-state index contributed by atoms with van der Waals surface area (Å²) in [7, 11) is 0. The molecule has 1 amide bonds. The molecule has 0 saturated heterocycles. The molecule has 0 spiro atoms. The maximum absolute atomic E-state index is 12.2. The number of carbonyl (C=O) groups excluding carboxylic acids is 1. The van der Waals surface area contributed by atoms with Crippen LogP contribution in [0.15, 0.2) is 53.0 Å². The Kier molecular flexibility index (Phi) is 6.18. The number of amides is 1. The van der Waals surface area contributed by atoms with Gasteiger partial charge >= 0.3 is 0 Å². The number of halogens is 1. The number of hydrogen-bond acceptors (Lipinski definition) is 4. The predicted molar refractivity (Wildman–Crippen MR) is 96.6 cm³/mol. The molecule has 7 heteroatoms. The molecule has 0 aliphatic rings. The van der Waals surface area contributed by atoms with Crippen LogP contribution < -0.4 is 5.32 Å². The first kappa shape index (κ1) is 17.5. The molecule has 1 atom stereocenters. The van der Waals surface area contributed by atoms with Crippen LogP contribution in [0.3, 0.4) is 0 Å². The van der Waals surface area contributed by atoms with Crippen LogP contribution in [0.1, 0.15) is 12.5 Å². The summed E-state index contributed by atoms with van der Waals surface area (Å²) >= 11 is 4.89. The lowest BCUT2D eigenvalue weighted by Crippen LogP contribution is -2.22. The summed E-state index contributed by atoms with van der Waals surface area (Å²) in [6, 6.07) is 13.9. The van der Waals surface area contributed by atoms with Gasteiger partial charge in [-0.15, -0.1) is 11.8 Å². The quantitative estimate of drug-likeness (QED) is 0.572. The second-order valence-corrected chi connectivity index (χ2v) is 7.12. The van der Waals surface area contributed by atoms with E-state index in [1.165, 1.54) is 23.9 Å². The highest BCUT2D eigenvalue weighted by Crippen LogP contribution is 2.22. The number of nitro groups is 1. The second kappa shape index (κ2) is 8.12. The zero-order valence-electron chi connectivity index (χ0n) is 12.4. The van der Waals surface area contributed by atoms with E-state index in [0.29, 0.717) is 5.69 Å². The number of non-ortho nitro benzene ring substituents is 1. The molecule has 0 bridgehead atoms.